The molecule has 0 bridgehead atoms. The van der Waals surface area contributed by atoms with Crippen molar-refractivity contribution >= 4 is 0 Å². The van der Waals surface area contributed by atoms with Crippen LogP contribution in [0.3, 0.4) is 0 Å². The first-order valence-electron chi connectivity index (χ1n) is 8.46. The zero-order chi connectivity index (χ0) is 14.9. The number of halogens is 1. The zero-order valence-corrected chi connectivity index (χ0v) is 13.1. The van der Waals surface area contributed by atoms with E-state index in [9.17, 15) is 9.50 Å². The van der Waals surface area contributed by atoms with Crippen LogP contribution in [0, 0.1) is 0 Å². The highest BCUT2D eigenvalue weighted by Crippen LogP contribution is 2.30. The molecular formula is C16H29FN2O2. The third-order valence-corrected chi connectivity index (χ3v) is 5.38. The van der Waals surface area contributed by atoms with E-state index < -0.39 is 5.67 Å². The number of hydrogen-bond donors (Lipinski definition) is 1. The molecule has 0 atom stereocenters. The summed E-state index contributed by atoms with van der Waals surface area (Å²) in [6.07, 6.45) is 5.35. The number of rotatable bonds is 4. The van der Waals surface area contributed by atoms with Gasteiger partial charge in [0.05, 0.1) is 18.3 Å². The average molecular weight is 300 g/mol. The Hall–Kier alpha value is -0.230. The summed E-state index contributed by atoms with van der Waals surface area (Å²) in [5, 5.41) is 9.29. The van der Waals surface area contributed by atoms with Crippen molar-refractivity contribution in [1.29, 1.82) is 0 Å². The van der Waals surface area contributed by atoms with Gasteiger partial charge in [0, 0.05) is 32.7 Å². The monoisotopic (exact) mass is 300 g/mol. The second kappa shape index (κ2) is 6.49. The van der Waals surface area contributed by atoms with Crippen LogP contribution in [0.25, 0.3) is 0 Å². The van der Waals surface area contributed by atoms with Crippen molar-refractivity contribution in [1.82, 2.24) is 9.80 Å². The van der Waals surface area contributed by atoms with Crippen molar-refractivity contribution in [3.05, 3.63) is 0 Å². The van der Waals surface area contributed by atoms with E-state index in [4.69, 9.17) is 4.74 Å². The van der Waals surface area contributed by atoms with E-state index in [0.717, 1.165) is 51.9 Å². The molecule has 3 aliphatic rings. The topological polar surface area (TPSA) is 35.9 Å². The van der Waals surface area contributed by atoms with Gasteiger partial charge in [-0.15, -0.1) is 0 Å². The largest absolute Gasteiger partial charge is 0.393 e. The van der Waals surface area contributed by atoms with Gasteiger partial charge in [0.1, 0.15) is 5.67 Å². The van der Waals surface area contributed by atoms with Gasteiger partial charge in [-0.1, -0.05) is 0 Å². The van der Waals surface area contributed by atoms with E-state index in [1.165, 1.54) is 0 Å². The molecule has 2 aliphatic heterocycles. The number of ether oxygens (including phenoxy) is 1. The van der Waals surface area contributed by atoms with E-state index in [2.05, 4.69) is 16.8 Å². The molecule has 3 rings (SSSR count). The minimum Gasteiger partial charge on any atom is -0.393 e. The van der Waals surface area contributed by atoms with Gasteiger partial charge >= 0.3 is 0 Å². The van der Waals surface area contributed by atoms with Crippen LogP contribution < -0.4 is 0 Å². The Bertz CT molecular complexity index is 333. The molecule has 2 heterocycles. The maximum Gasteiger partial charge on any atom is 0.126 e. The number of likely N-dealkylation sites (tertiary alicyclic amines) is 2. The lowest BCUT2D eigenvalue weighted by Crippen LogP contribution is -2.50. The highest BCUT2D eigenvalue weighted by atomic mass is 19.1. The summed E-state index contributed by atoms with van der Waals surface area (Å²) in [6, 6.07) is 0. The van der Waals surface area contributed by atoms with Crippen LogP contribution in [0.5, 0.6) is 0 Å². The maximum absolute atomic E-state index is 14.8. The summed E-state index contributed by atoms with van der Waals surface area (Å²) in [4.78, 5) is 4.49. The lowest BCUT2D eigenvalue weighted by Gasteiger charge is -2.41. The van der Waals surface area contributed by atoms with Crippen molar-refractivity contribution in [2.24, 2.45) is 0 Å². The fraction of sp³-hybridized carbons (Fsp3) is 1.00. The zero-order valence-electron chi connectivity index (χ0n) is 13.1. The molecule has 0 radical (unpaired) electrons. The van der Waals surface area contributed by atoms with Crippen LogP contribution in [-0.4, -0.2) is 78.7 Å². The molecular weight excluding hydrogens is 271 g/mol. The van der Waals surface area contributed by atoms with Gasteiger partial charge < -0.3 is 14.7 Å². The number of aliphatic hydroxyl groups is 1. The fourth-order valence-corrected chi connectivity index (χ4v) is 3.70. The lowest BCUT2D eigenvalue weighted by molar-refractivity contribution is -0.119. The molecule has 1 saturated carbocycles. The molecule has 21 heavy (non-hydrogen) atoms. The summed E-state index contributed by atoms with van der Waals surface area (Å²) in [5.41, 5.74) is -0.988. The number of alkyl halides is 1. The first kappa shape index (κ1) is 15.7. The molecule has 3 fully saturated rings. The molecule has 1 aliphatic carbocycles. The standard InChI is InChI=1S/C16H29FN2O2/c1-18-8-4-16(17,5-9-18)12-19-6-2-14(3-7-19)21-15-10-13(20)11-15/h13-15,20H,2-12H2,1H3. The Balaban J connectivity index is 1.37. The van der Waals surface area contributed by atoms with Crippen LogP contribution in [0.2, 0.25) is 0 Å². The molecule has 5 heteroatoms. The molecule has 0 amide bonds. The number of piperidine rings is 2. The minimum absolute atomic E-state index is 0.147. The Morgan fingerprint density at radius 1 is 1.10 bits per heavy atom. The molecule has 4 nitrogen and oxygen atoms in total. The van der Waals surface area contributed by atoms with Gasteiger partial charge in [0.15, 0.2) is 0 Å². The third-order valence-electron chi connectivity index (χ3n) is 5.38. The van der Waals surface area contributed by atoms with E-state index in [1.54, 1.807) is 0 Å². The van der Waals surface area contributed by atoms with E-state index in [0.29, 0.717) is 25.5 Å². The summed E-state index contributed by atoms with van der Waals surface area (Å²) in [7, 11) is 2.07. The smallest absolute Gasteiger partial charge is 0.126 e. The quantitative estimate of drug-likeness (QED) is 0.852. The fourth-order valence-electron chi connectivity index (χ4n) is 3.70. The maximum atomic E-state index is 14.8. The van der Waals surface area contributed by atoms with Crippen molar-refractivity contribution in [3.8, 4) is 0 Å². The summed E-state index contributed by atoms with van der Waals surface area (Å²) >= 11 is 0. The summed E-state index contributed by atoms with van der Waals surface area (Å²) < 4.78 is 20.8. The van der Waals surface area contributed by atoms with Crippen molar-refractivity contribution < 1.29 is 14.2 Å². The SMILES string of the molecule is CN1CCC(F)(CN2CCC(OC3CC(O)C3)CC2)CC1. The Morgan fingerprint density at radius 2 is 1.71 bits per heavy atom. The second-order valence-electron chi connectivity index (χ2n) is 7.31. The van der Waals surface area contributed by atoms with Gasteiger partial charge in [-0.25, -0.2) is 4.39 Å². The highest BCUT2D eigenvalue weighted by Gasteiger charge is 2.37. The Morgan fingerprint density at radius 3 is 2.29 bits per heavy atom. The van der Waals surface area contributed by atoms with Crippen LogP contribution in [0.4, 0.5) is 4.39 Å². The van der Waals surface area contributed by atoms with Gasteiger partial charge in [-0.05, 0) is 45.6 Å². The second-order valence-corrected chi connectivity index (χ2v) is 7.31. The van der Waals surface area contributed by atoms with E-state index in [1.807, 2.05) is 0 Å². The highest BCUT2D eigenvalue weighted by molar-refractivity contribution is 4.90. The van der Waals surface area contributed by atoms with Gasteiger partial charge in [0.25, 0.3) is 0 Å². The number of nitrogens with zero attached hydrogens (tertiary/aromatic N) is 2. The average Bonchev–Trinajstić information content (AvgIpc) is 2.43. The molecule has 0 unspecified atom stereocenters. The first-order chi connectivity index (χ1) is 10.0. The van der Waals surface area contributed by atoms with Crippen molar-refractivity contribution in [3.63, 3.8) is 0 Å². The molecule has 2 saturated heterocycles. The van der Waals surface area contributed by atoms with Crippen LogP contribution in [0.1, 0.15) is 38.5 Å². The van der Waals surface area contributed by atoms with Gasteiger partial charge in [-0.3, -0.25) is 4.90 Å². The normalized spacial score (nSPS) is 35.6. The van der Waals surface area contributed by atoms with Crippen LogP contribution in [-0.2, 0) is 4.74 Å². The van der Waals surface area contributed by atoms with E-state index in [-0.39, 0.29) is 12.2 Å². The minimum atomic E-state index is -0.988. The summed E-state index contributed by atoms with van der Waals surface area (Å²) in [5.74, 6) is 0. The van der Waals surface area contributed by atoms with Gasteiger partial charge in [0.2, 0.25) is 0 Å². The molecule has 0 aromatic heterocycles. The van der Waals surface area contributed by atoms with Crippen LogP contribution >= 0.6 is 0 Å². The Labute approximate surface area is 127 Å². The molecule has 1 N–H and O–H groups in total. The van der Waals surface area contributed by atoms with E-state index >= 15 is 0 Å². The predicted octanol–water partition coefficient (Wildman–Crippen LogP) is 1.42. The number of aliphatic hydroxyl groups excluding tert-OH is 1. The van der Waals surface area contributed by atoms with Gasteiger partial charge in [-0.2, -0.15) is 0 Å². The molecule has 0 aromatic rings. The van der Waals surface area contributed by atoms with Crippen molar-refractivity contribution in [2.75, 3.05) is 39.8 Å². The first-order valence-corrected chi connectivity index (χ1v) is 8.46. The molecule has 0 spiro atoms. The Kier molecular flexibility index (Phi) is 4.84. The third kappa shape index (κ3) is 4.15. The lowest BCUT2D eigenvalue weighted by atomic mass is 9.91. The number of hydrogen-bond acceptors (Lipinski definition) is 4. The van der Waals surface area contributed by atoms with Crippen molar-refractivity contribution in [2.45, 2.75) is 62.5 Å². The summed E-state index contributed by atoms with van der Waals surface area (Å²) in [6.45, 7) is 4.23. The molecule has 0 aromatic carbocycles. The predicted molar refractivity (Wildman–Crippen MR) is 80.1 cm³/mol. The molecule has 122 valence electrons. The van der Waals surface area contributed by atoms with Crippen LogP contribution in [0.15, 0.2) is 0 Å².